The van der Waals surface area contributed by atoms with Gasteiger partial charge in [0, 0.05) is 24.9 Å². The summed E-state index contributed by atoms with van der Waals surface area (Å²) in [6.45, 7) is 6.21. The van der Waals surface area contributed by atoms with Crippen LogP contribution in [0.1, 0.15) is 58.1 Å². The predicted octanol–water partition coefficient (Wildman–Crippen LogP) is 1.89. The minimum atomic E-state index is -3.38. The number of ether oxygens (including phenoxy) is 2. The first kappa shape index (κ1) is 23.4. The Bertz CT molecular complexity index is 794. The molecule has 0 saturated heterocycles. The van der Waals surface area contributed by atoms with Gasteiger partial charge in [0.15, 0.2) is 0 Å². The van der Waals surface area contributed by atoms with E-state index in [-0.39, 0.29) is 24.8 Å². The molecule has 0 bridgehead atoms. The lowest BCUT2D eigenvalue weighted by molar-refractivity contribution is -0.121. The van der Waals surface area contributed by atoms with Gasteiger partial charge in [-0.2, -0.15) is 0 Å². The Balaban J connectivity index is 2.04. The molecule has 1 aromatic rings. The summed E-state index contributed by atoms with van der Waals surface area (Å²) in [5.74, 6) is 1.19. The summed E-state index contributed by atoms with van der Waals surface area (Å²) in [5, 5.41) is 11.3. The summed E-state index contributed by atoms with van der Waals surface area (Å²) in [4.78, 5) is 11.5. The van der Waals surface area contributed by atoms with E-state index < -0.39 is 21.7 Å². The summed E-state index contributed by atoms with van der Waals surface area (Å²) in [6, 6.07) is 4.98. The largest absolute Gasteiger partial charge is 0.494 e. The normalized spacial score (nSPS) is 17.9. The second-order valence-corrected chi connectivity index (χ2v) is 9.65. The van der Waals surface area contributed by atoms with E-state index in [1.165, 1.54) is 0 Å². The second-order valence-electron chi connectivity index (χ2n) is 7.78. The SMILES string of the molecule is CCCS(=O)(=O)NC1CC(C)(C)Oc2ccc(OCCCC(=O)NCCO)cc21. The average Bonchev–Trinajstić information content (AvgIpc) is 2.62. The molecule has 1 amide bonds. The summed E-state index contributed by atoms with van der Waals surface area (Å²) < 4.78 is 39.2. The van der Waals surface area contributed by atoms with Crippen molar-refractivity contribution in [2.75, 3.05) is 25.5 Å². The number of nitrogens with one attached hydrogen (secondary N) is 2. The number of benzene rings is 1. The maximum atomic E-state index is 12.3. The standard InChI is InChI=1S/C20H32N2O6S/c1-4-12-29(25,26)22-17-14-20(2,3)28-18-8-7-15(13-16(17)18)27-11-5-6-19(24)21-9-10-23/h7-8,13,17,22-23H,4-6,9-12,14H2,1-3H3,(H,21,24). The predicted molar refractivity (Wildman–Crippen MR) is 111 cm³/mol. The Morgan fingerprint density at radius 3 is 2.83 bits per heavy atom. The van der Waals surface area contributed by atoms with Gasteiger partial charge in [0.05, 0.1) is 25.0 Å². The quantitative estimate of drug-likeness (QED) is 0.464. The highest BCUT2D eigenvalue weighted by Crippen LogP contribution is 2.41. The monoisotopic (exact) mass is 428 g/mol. The number of rotatable bonds is 11. The van der Waals surface area contributed by atoms with Crippen molar-refractivity contribution < 1.29 is 27.8 Å². The molecule has 1 heterocycles. The van der Waals surface area contributed by atoms with E-state index in [1.807, 2.05) is 20.8 Å². The van der Waals surface area contributed by atoms with Crippen molar-refractivity contribution in [2.45, 2.75) is 58.1 Å². The molecule has 0 spiro atoms. The highest BCUT2D eigenvalue weighted by Gasteiger charge is 2.35. The van der Waals surface area contributed by atoms with Crippen LogP contribution in [0.5, 0.6) is 11.5 Å². The van der Waals surface area contributed by atoms with Gasteiger partial charge < -0.3 is 19.9 Å². The zero-order chi connectivity index (χ0) is 21.5. The lowest BCUT2D eigenvalue weighted by Gasteiger charge is -2.38. The van der Waals surface area contributed by atoms with Crippen LogP contribution >= 0.6 is 0 Å². The minimum Gasteiger partial charge on any atom is -0.494 e. The number of aliphatic hydroxyl groups is 1. The molecule has 0 aromatic heterocycles. The molecule has 0 fully saturated rings. The molecule has 2 rings (SSSR count). The van der Waals surface area contributed by atoms with Gasteiger partial charge >= 0.3 is 0 Å². The van der Waals surface area contributed by atoms with Crippen LogP contribution in [-0.4, -0.2) is 50.5 Å². The molecular formula is C20H32N2O6S. The molecule has 164 valence electrons. The second kappa shape index (κ2) is 10.3. The third-order valence-electron chi connectivity index (χ3n) is 4.48. The molecule has 29 heavy (non-hydrogen) atoms. The molecule has 3 N–H and O–H groups in total. The van der Waals surface area contributed by atoms with Crippen LogP contribution in [0, 0.1) is 0 Å². The van der Waals surface area contributed by atoms with E-state index in [0.717, 1.165) is 5.56 Å². The molecule has 8 nitrogen and oxygen atoms in total. The molecule has 0 aliphatic carbocycles. The van der Waals surface area contributed by atoms with Crippen LogP contribution in [0.25, 0.3) is 0 Å². The van der Waals surface area contributed by atoms with Crippen LogP contribution in [0.3, 0.4) is 0 Å². The van der Waals surface area contributed by atoms with Crippen LogP contribution in [-0.2, 0) is 14.8 Å². The first-order chi connectivity index (χ1) is 13.7. The highest BCUT2D eigenvalue weighted by molar-refractivity contribution is 7.89. The third kappa shape index (κ3) is 7.49. The van der Waals surface area contributed by atoms with Crippen molar-refractivity contribution in [1.29, 1.82) is 0 Å². The molecule has 9 heteroatoms. The average molecular weight is 429 g/mol. The number of hydrogen-bond donors (Lipinski definition) is 3. The molecule has 0 saturated carbocycles. The van der Waals surface area contributed by atoms with Gasteiger partial charge in [-0.3, -0.25) is 4.79 Å². The number of amides is 1. The highest BCUT2D eigenvalue weighted by atomic mass is 32.2. The number of fused-ring (bicyclic) bond motifs is 1. The Morgan fingerprint density at radius 1 is 1.38 bits per heavy atom. The molecule has 1 atom stereocenters. The number of carbonyl (C=O) groups is 1. The number of hydrogen-bond acceptors (Lipinski definition) is 6. The molecule has 0 radical (unpaired) electrons. The summed E-state index contributed by atoms with van der Waals surface area (Å²) >= 11 is 0. The molecule has 1 unspecified atom stereocenters. The lowest BCUT2D eigenvalue weighted by Crippen LogP contribution is -2.41. The van der Waals surface area contributed by atoms with Crippen LogP contribution in [0.2, 0.25) is 0 Å². The van der Waals surface area contributed by atoms with Crippen molar-refractivity contribution in [2.24, 2.45) is 0 Å². The first-order valence-corrected chi connectivity index (χ1v) is 11.6. The smallest absolute Gasteiger partial charge is 0.220 e. The first-order valence-electron chi connectivity index (χ1n) is 9.99. The minimum absolute atomic E-state index is 0.0780. The molecule has 1 aliphatic heterocycles. The van der Waals surface area contributed by atoms with Gasteiger partial charge in [0.1, 0.15) is 17.1 Å². The summed E-state index contributed by atoms with van der Waals surface area (Å²) in [6.07, 6.45) is 1.90. The lowest BCUT2D eigenvalue weighted by atomic mass is 9.90. The fourth-order valence-corrected chi connectivity index (χ4v) is 4.58. The zero-order valence-electron chi connectivity index (χ0n) is 17.4. The van der Waals surface area contributed by atoms with E-state index in [4.69, 9.17) is 14.6 Å². The topological polar surface area (TPSA) is 114 Å². The fourth-order valence-electron chi connectivity index (χ4n) is 3.28. The van der Waals surface area contributed by atoms with Gasteiger partial charge in [-0.1, -0.05) is 6.92 Å². The van der Waals surface area contributed by atoms with Crippen molar-refractivity contribution in [3.05, 3.63) is 23.8 Å². The van der Waals surface area contributed by atoms with Crippen LogP contribution < -0.4 is 19.5 Å². The van der Waals surface area contributed by atoms with E-state index in [2.05, 4.69) is 10.0 Å². The number of aliphatic hydroxyl groups excluding tert-OH is 1. The van der Waals surface area contributed by atoms with Crippen molar-refractivity contribution >= 4 is 15.9 Å². The molecule has 1 aromatic carbocycles. The Hall–Kier alpha value is -1.84. The van der Waals surface area contributed by atoms with E-state index in [1.54, 1.807) is 18.2 Å². The Kier molecular flexibility index (Phi) is 8.30. The van der Waals surface area contributed by atoms with Gasteiger partial charge in [0.25, 0.3) is 0 Å². The number of sulfonamides is 1. The van der Waals surface area contributed by atoms with Gasteiger partial charge in [-0.25, -0.2) is 13.1 Å². The molecular weight excluding hydrogens is 396 g/mol. The zero-order valence-corrected chi connectivity index (χ0v) is 18.2. The maximum absolute atomic E-state index is 12.3. The Morgan fingerprint density at radius 2 is 2.14 bits per heavy atom. The van der Waals surface area contributed by atoms with Gasteiger partial charge in [-0.05, 0) is 44.9 Å². The molecule has 1 aliphatic rings. The van der Waals surface area contributed by atoms with Crippen LogP contribution in [0.4, 0.5) is 0 Å². The third-order valence-corrected chi connectivity index (χ3v) is 6.07. The summed E-state index contributed by atoms with van der Waals surface area (Å²) in [7, 11) is -3.38. The van der Waals surface area contributed by atoms with Gasteiger partial charge in [-0.15, -0.1) is 0 Å². The Labute approximate surface area is 173 Å². The fraction of sp³-hybridized carbons (Fsp3) is 0.650. The summed E-state index contributed by atoms with van der Waals surface area (Å²) in [5.41, 5.74) is 0.263. The van der Waals surface area contributed by atoms with Crippen molar-refractivity contribution in [3.63, 3.8) is 0 Å². The van der Waals surface area contributed by atoms with Gasteiger partial charge in [0.2, 0.25) is 15.9 Å². The van der Waals surface area contributed by atoms with E-state index in [0.29, 0.717) is 43.8 Å². The van der Waals surface area contributed by atoms with E-state index >= 15 is 0 Å². The number of carbonyl (C=O) groups excluding carboxylic acids is 1. The van der Waals surface area contributed by atoms with Crippen LogP contribution in [0.15, 0.2) is 18.2 Å². The maximum Gasteiger partial charge on any atom is 0.220 e. The van der Waals surface area contributed by atoms with E-state index in [9.17, 15) is 13.2 Å². The van der Waals surface area contributed by atoms with Crippen molar-refractivity contribution in [1.82, 2.24) is 10.0 Å². The van der Waals surface area contributed by atoms with Crippen molar-refractivity contribution in [3.8, 4) is 11.5 Å².